The molecule has 0 heterocycles. The van der Waals surface area contributed by atoms with Crippen LogP contribution in [0.1, 0.15) is 26.2 Å². The van der Waals surface area contributed by atoms with Gasteiger partial charge in [0.25, 0.3) is 0 Å². The van der Waals surface area contributed by atoms with Crippen LogP contribution >= 0.6 is 15.9 Å². The summed E-state index contributed by atoms with van der Waals surface area (Å²) in [5.74, 6) is -1.71. The molecule has 20 heavy (non-hydrogen) atoms. The molecule has 0 bridgehead atoms. The third kappa shape index (κ3) is 4.80. The van der Waals surface area contributed by atoms with Gasteiger partial charge in [-0.1, -0.05) is 25.8 Å². The highest BCUT2D eigenvalue weighted by Crippen LogP contribution is 2.24. The molecule has 0 aliphatic carbocycles. The molecule has 0 aromatic heterocycles. The number of carbonyl (C=O) groups excluding carboxylic acids is 1. The van der Waals surface area contributed by atoms with Crippen LogP contribution in [0.25, 0.3) is 0 Å². The van der Waals surface area contributed by atoms with Crippen molar-refractivity contribution in [2.75, 3.05) is 5.32 Å². The molecule has 0 saturated carbocycles. The van der Waals surface area contributed by atoms with Crippen LogP contribution in [0.3, 0.4) is 0 Å². The highest BCUT2D eigenvalue weighted by atomic mass is 79.9. The van der Waals surface area contributed by atoms with Gasteiger partial charge in [0.1, 0.15) is 11.9 Å². The Morgan fingerprint density at radius 2 is 2.15 bits per heavy atom. The molecule has 0 saturated heterocycles. The first-order valence-corrected chi connectivity index (χ1v) is 6.99. The maximum absolute atomic E-state index is 13.5. The number of carbonyl (C=O) groups is 2. The van der Waals surface area contributed by atoms with Crippen molar-refractivity contribution in [1.82, 2.24) is 5.32 Å². The van der Waals surface area contributed by atoms with E-state index >= 15 is 0 Å². The average molecular weight is 347 g/mol. The lowest BCUT2D eigenvalue weighted by atomic mass is 10.1. The predicted octanol–water partition coefficient (Wildman–Crippen LogP) is 3.35. The Labute approximate surface area is 124 Å². The summed E-state index contributed by atoms with van der Waals surface area (Å²) >= 11 is 3.11. The number of anilines is 1. The summed E-state index contributed by atoms with van der Waals surface area (Å²) < 4.78 is 13.9. The van der Waals surface area contributed by atoms with Crippen LogP contribution in [-0.4, -0.2) is 23.1 Å². The number of amides is 2. The Balaban J connectivity index is 2.68. The fourth-order valence-electron chi connectivity index (χ4n) is 1.59. The summed E-state index contributed by atoms with van der Waals surface area (Å²) in [5.41, 5.74) is -0.0235. The third-order valence-corrected chi connectivity index (χ3v) is 3.31. The lowest BCUT2D eigenvalue weighted by Gasteiger charge is -2.15. The number of hydrogen-bond acceptors (Lipinski definition) is 2. The first-order chi connectivity index (χ1) is 9.45. The summed E-state index contributed by atoms with van der Waals surface area (Å²) in [5, 5.41) is 13.6. The second-order valence-corrected chi connectivity index (χ2v) is 5.08. The number of rotatable bonds is 6. The van der Waals surface area contributed by atoms with Crippen molar-refractivity contribution in [2.24, 2.45) is 0 Å². The van der Waals surface area contributed by atoms with E-state index in [9.17, 15) is 14.0 Å². The number of carboxylic acid groups (broad SMARTS) is 1. The number of aliphatic carboxylic acids is 1. The van der Waals surface area contributed by atoms with Gasteiger partial charge in [-0.05, 0) is 34.5 Å². The number of para-hydroxylation sites is 1. The maximum atomic E-state index is 13.5. The topological polar surface area (TPSA) is 78.4 Å². The number of nitrogens with one attached hydrogen (secondary N) is 2. The summed E-state index contributed by atoms with van der Waals surface area (Å²) in [6.45, 7) is 1.93. The number of benzene rings is 1. The van der Waals surface area contributed by atoms with Crippen molar-refractivity contribution in [2.45, 2.75) is 32.2 Å². The summed E-state index contributed by atoms with van der Waals surface area (Å²) in [7, 11) is 0. The minimum absolute atomic E-state index is 0.0235. The fraction of sp³-hybridized carbons (Fsp3) is 0.385. The van der Waals surface area contributed by atoms with E-state index in [0.717, 1.165) is 6.42 Å². The van der Waals surface area contributed by atoms with Gasteiger partial charge in [0, 0.05) is 4.47 Å². The van der Waals surface area contributed by atoms with E-state index in [1.54, 1.807) is 6.07 Å². The Morgan fingerprint density at radius 3 is 2.70 bits per heavy atom. The molecule has 3 N–H and O–H groups in total. The van der Waals surface area contributed by atoms with Crippen molar-refractivity contribution in [3.05, 3.63) is 28.5 Å². The Bertz CT molecular complexity index is 476. The van der Waals surface area contributed by atoms with E-state index in [0.29, 0.717) is 17.3 Å². The number of hydrogen-bond donors (Lipinski definition) is 3. The van der Waals surface area contributed by atoms with Crippen LogP contribution in [0.5, 0.6) is 0 Å². The highest BCUT2D eigenvalue weighted by molar-refractivity contribution is 9.10. The van der Waals surface area contributed by atoms with Gasteiger partial charge in [-0.3, -0.25) is 0 Å². The van der Waals surface area contributed by atoms with Crippen LogP contribution < -0.4 is 10.6 Å². The predicted molar refractivity (Wildman–Crippen MR) is 77.2 cm³/mol. The zero-order valence-electron chi connectivity index (χ0n) is 11.0. The van der Waals surface area contributed by atoms with Crippen LogP contribution in [0.15, 0.2) is 22.7 Å². The maximum Gasteiger partial charge on any atom is 0.326 e. The van der Waals surface area contributed by atoms with Crippen LogP contribution in [0, 0.1) is 5.82 Å². The van der Waals surface area contributed by atoms with Crippen molar-refractivity contribution in [3.63, 3.8) is 0 Å². The molecule has 0 fully saturated rings. The summed E-state index contributed by atoms with van der Waals surface area (Å²) in [6.07, 6.45) is 1.84. The molecule has 1 aromatic rings. The molecule has 0 radical (unpaired) electrons. The minimum Gasteiger partial charge on any atom is -0.480 e. The fourth-order valence-corrected chi connectivity index (χ4v) is 2.03. The van der Waals surface area contributed by atoms with Gasteiger partial charge < -0.3 is 15.7 Å². The van der Waals surface area contributed by atoms with E-state index in [-0.39, 0.29) is 5.69 Å². The molecule has 1 aromatic carbocycles. The van der Waals surface area contributed by atoms with Crippen LogP contribution in [0.2, 0.25) is 0 Å². The zero-order chi connectivity index (χ0) is 15.1. The average Bonchev–Trinajstić information content (AvgIpc) is 2.38. The molecule has 5 nitrogen and oxygen atoms in total. The van der Waals surface area contributed by atoms with Gasteiger partial charge in [0.2, 0.25) is 0 Å². The van der Waals surface area contributed by atoms with Gasteiger partial charge in [-0.15, -0.1) is 0 Å². The molecule has 7 heteroatoms. The minimum atomic E-state index is -1.11. The van der Waals surface area contributed by atoms with E-state index in [1.165, 1.54) is 12.1 Å². The van der Waals surface area contributed by atoms with E-state index in [4.69, 9.17) is 5.11 Å². The molecule has 0 aliphatic heterocycles. The van der Waals surface area contributed by atoms with E-state index < -0.39 is 23.9 Å². The standard InChI is InChI=1S/C13H16BrFN2O3/c1-2-3-7-10(12(18)19)16-13(20)17-11-8(14)5-4-6-9(11)15/h4-6,10H,2-3,7H2,1H3,(H,18,19)(H2,16,17,20)/t10-/m0/s1. The van der Waals surface area contributed by atoms with Crippen LogP contribution in [0.4, 0.5) is 14.9 Å². The van der Waals surface area contributed by atoms with Gasteiger partial charge in [-0.25, -0.2) is 14.0 Å². The number of urea groups is 1. The number of halogens is 2. The Hall–Kier alpha value is -1.63. The second kappa shape index (κ2) is 7.84. The largest absolute Gasteiger partial charge is 0.480 e. The van der Waals surface area contributed by atoms with Crippen molar-refractivity contribution >= 4 is 33.6 Å². The van der Waals surface area contributed by atoms with Gasteiger partial charge in [0.15, 0.2) is 0 Å². The molecule has 1 rings (SSSR count). The number of unbranched alkanes of at least 4 members (excludes halogenated alkanes) is 1. The third-order valence-electron chi connectivity index (χ3n) is 2.65. The van der Waals surface area contributed by atoms with Gasteiger partial charge in [-0.2, -0.15) is 0 Å². The molecule has 0 unspecified atom stereocenters. The summed E-state index contributed by atoms with van der Waals surface area (Å²) in [6, 6.07) is 2.53. The zero-order valence-corrected chi connectivity index (χ0v) is 12.5. The van der Waals surface area contributed by atoms with Crippen molar-refractivity contribution in [3.8, 4) is 0 Å². The van der Waals surface area contributed by atoms with Gasteiger partial charge >= 0.3 is 12.0 Å². The molecule has 110 valence electrons. The van der Waals surface area contributed by atoms with Crippen LogP contribution in [-0.2, 0) is 4.79 Å². The molecule has 0 spiro atoms. The lowest BCUT2D eigenvalue weighted by molar-refractivity contribution is -0.139. The smallest absolute Gasteiger partial charge is 0.326 e. The highest BCUT2D eigenvalue weighted by Gasteiger charge is 2.20. The molecule has 2 amide bonds. The van der Waals surface area contributed by atoms with Gasteiger partial charge in [0.05, 0.1) is 5.69 Å². The first-order valence-electron chi connectivity index (χ1n) is 6.20. The normalized spacial score (nSPS) is 11.8. The quantitative estimate of drug-likeness (QED) is 0.738. The Kier molecular flexibility index (Phi) is 6.44. The van der Waals surface area contributed by atoms with Crippen molar-refractivity contribution < 1.29 is 19.1 Å². The molecular weight excluding hydrogens is 331 g/mol. The molecular formula is C13H16BrFN2O3. The molecule has 1 atom stereocenters. The summed E-state index contributed by atoms with van der Waals surface area (Å²) in [4.78, 5) is 22.7. The van der Waals surface area contributed by atoms with E-state index in [1.807, 2.05) is 6.92 Å². The van der Waals surface area contributed by atoms with Crippen molar-refractivity contribution in [1.29, 1.82) is 0 Å². The monoisotopic (exact) mass is 346 g/mol. The SMILES string of the molecule is CCCC[C@H](NC(=O)Nc1c(F)cccc1Br)C(=O)O. The van der Waals surface area contributed by atoms with E-state index in [2.05, 4.69) is 26.6 Å². The first kappa shape index (κ1) is 16.4. The lowest BCUT2D eigenvalue weighted by Crippen LogP contribution is -2.43. The molecule has 0 aliphatic rings. The second-order valence-electron chi connectivity index (χ2n) is 4.23. The number of carboxylic acids is 1. The Morgan fingerprint density at radius 1 is 1.45 bits per heavy atom.